The molecule has 0 saturated carbocycles. The van der Waals surface area contributed by atoms with Gasteiger partial charge >= 0.3 is 6.18 Å². The number of amides is 1. The minimum absolute atomic E-state index is 0.203. The molecule has 1 fully saturated rings. The molecule has 29 heavy (non-hydrogen) atoms. The highest BCUT2D eigenvalue weighted by molar-refractivity contribution is 5.81. The monoisotopic (exact) mass is 411 g/mol. The van der Waals surface area contributed by atoms with Crippen molar-refractivity contribution >= 4 is 5.91 Å². The zero-order valence-electron chi connectivity index (χ0n) is 15.9. The molecule has 158 valence electrons. The van der Waals surface area contributed by atoms with E-state index in [1.165, 1.54) is 12.1 Å². The van der Waals surface area contributed by atoms with Crippen molar-refractivity contribution in [3.8, 4) is 5.75 Å². The fourth-order valence-electron chi connectivity index (χ4n) is 2.48. The van der Waals surface area contributed by atoms with Gasteiger partial charge in [0.05, 0.1) is 12.2 Å². The van der Waals surface area contributed by atoms with Crippen molar-refractivity contribution in [1.82, 2.24) is 10.8 Å². The number of nitrogens with one attached hydrogen (secondary N) is 2. The highest BCUT2D eigenvalue weighted by atomic mass is 19.4. The molecule has 1 amide bonds. The van der Waals surface area contributed by atoms with Gasteiger partial charge in [-0.1, -0.05) is 30.3 Å². The highest BCUT2D eigenvalue weighted by Crippen LogP contribution is 2.31. The van der Waals surface area contributed by atoms with E-state index in [0.717, 1.165) is 30.7 Å². The van der Waals surface area contributed by atoms with Crippen molar-refractivity contribution in [3.05, 3.63) is 65.7 Å². The van der Waals surface area contributed by atoms with Crippen LogP contribution in [0, 0.1) is 0 Å². The molecule has 0 aromatic heterocycles. The van der Waals surface area contributed by atoms with E-state index in [0.29, 0.717) is 12.4 Å². The third-order valence-electron chi connectivity index (χ3n) is 4.06. The first kappa shape index (κ1) is 22.7. The Morgan fingerprint density at radius 2 is 1.86 bits per heavy atom. The second-order valence-electron chi connectivity index (χ2n) is 6.32. The first-order valence-electron chi connectivity index (χ1n) is 9.02. The summed E-state index contributed by atoms with van der Waals surface area (Å²) in [6.45, 7) is 1.04. The Balaban J connectivity index is 0.000000360. The molecular weight excluding hydrogens is 387 g/mol. The Kier molecular flexibility index (Phi) is 8.44. The molecule has 0 aliphatic carbocycles. The van der Waals surface area contributed by atoms with Gasteiger partial charge < -0.3 is 15.8 Å². The van der Waals surface area contributed by atoms with E-state index in [-0.39, 0.29) is 12.0 Å². The molecule has 1 unspecified atom stereocenters. The average Bonchev–Trinajstić information content (AvgIpc) is 3.08. The van der Waals surface area contributed by atoms with Gasteiger partial charge in [-0.25, -0.2) is 5.48 Å². The van der Waals surface area contributed by atoms with Crippen LogP contribution in [-0.4, -0.2) is 32.1 Å². The van der Waals surface area contributed by atoms with Gasteiger partial charge in [0.25, 0.3) is 5.91 Å². The van der Waals surface area contributed by atoms with E-state index in [1.807, 2.05) is 37.4 Å². The van der Waals surface area contributed by atoms with Crippen molar-refractivity contribution < 1.29 is 27.5 Å². The van der Waals surface area contributed by atoms with E-state index in [4.69, 9.17) is 10.5 Å². The summed E-state index contributed by atoms with van der Waals surface area (Å²) in [4.78, 5) is 14.7. The topological polar surface area (TPSA) is 85.6 Å². The van der Waals surface area contributed by atoms with Crippen molar-refractivity contribution in [3.63, 3.8) is 0 Å². The van der Waals surface area contributed by atoms with E-state index < -0.39 is 17.8 Å². The van der Waals surface area contributed by atoms with Gasteiger partial charge in [-0.15, -0.1) is 0 Å². The Morgan fingerprint density at radius 1 is 1.21 bits per heavy atom. The Morgan fingerprint density at radius 3 is 2.31 bits per heavy atom. The first-order valence-corrected chi connectivity index (χ1v) is 9.02. The predicted molar refractivity (Wildman–Crippen MR) is 102 cm³/mol. The molecule has 9 heteroatoms. The van der Waals surface area contributed by atoms with Gasteiger partial charge in [-0.2, -0.15) is 13.2 Å². The lowest BCUT2D eigenvalue weighted by atomic mass is 10.1. The van der Waals surface area contributed by atoms with Gasteiger partial charge in [0.1, 0.15) is 17.9 Å². The van der Waals surface area contributed by atoms with Crippen LogP contribution in [0.3, 0.4) is 0 Å². The molecule has 2 aromatic rings. The molecule has 1 heterocycles. The van der Waals surface area contributed by atoms with Crippen LogP contribution in [0.5, 0.6) is 5.75 Å². The molecule has 4 N–H and O–H groups in total. The number of benzene rings is 2. The third kappa shape index (κ3) is 7.37. The number of ether oxygens (including phenoxy) is 1. The van der Waals surface area contributed by atoms with Crippen LogP contribution in [-0.2, 0) is 15.8 Å². The van der Waals surface area contributed by atoms with Gasteiger partial charge in [0.2, 0.25) is 0 Å². The molecule has 6 nitrogen and oxygen atoms in total. The Labute approximate surface area is 167 Å². The minimum Gasteiger partial charge on any atom is -0.486 e. The summed E-state index contributed by atoms with van der Waals surface area (Å²) in [6, 6.07) is 14.0. The van der Waals surface area contributed by atoms with Crippen LogP contribution in [0.15, 0.2) is 54.6 Å². The van der Waals surface area contributed by atoms with Crippen LogP contribution < -0.4 is 21.3 Å². The number of carbonyl (C=O) groups is 1. The van der Waals surface area contributed by atoms with Crippen molar-refractivity contribution in [1.29, 1.82) is 0 Å². The lowest BCUT2D eigenvalue weighted by molar-refractivity contribution is -0.137. The summed E-state index contributed by atoms with van der Waals surface area (Å²) in [5.74, 6) is 0.193. The number of nitrogens with two attached hydrogens (primary N) is 1. The maximum Gasteiger partial charge on any atom is 0.416 e. The largest absolute Gasteiger partial charge is 0.486 e. The summed E-state index contributed by atoms with van der Waals surface area (Å²) in [7, 11) is 1.85. The molecular formula is C20H24F3N3O3. The number of rotatable bonds is 6. The standard InChI is InChI=1S/C17H18F3NO.C3H6N2O2/c1-21-12-11-16(13-5-3-2-4-6-13)22-15-9-7-14(8-10-15)17(18,19)20;4-2-1-7-5-3(2)6/h2-10,16,21H,11-12H2,1H3;2H,1,4H2,(H,5,6)/t;2-/m.1/s1. The summed E-state index contributed by atoms with van der Waals surface area (Å²) in [5.41, 5.74) is 7.57. The van der Waals surface area contributed by atoms with Crippen molar-refractivity contribution in [2.75, 3.05) is 20.2 Å². The lowest BCUT2D eigenvalue weighted by Gasteiger charge is -2.20. The number of hydrogen-bond donors (Lipinski definition) is 3. The van der Waals surface area contributed by atoms with Crippen molar-refractivity contribution in [2.24, 2.45) is 5.73 Å². The van der Waals surface area contributed by atoms with Crippen LogP contribution in [0.4, 0.5) is 13.2 Å². The van der Waals surface area contributed by atoms with E-state index in [9.17, 15) is 18.0 Å². The highest BCUT2D eigenvalue weighted by Gasteiger charge is 2.30. The molecule has 2 atom stereocenters. The number of hydrogen-bond acceptors (Lipinski definition) is 5. The smallest absolute Gasteiger partial charge is 0.416 e. The number of carbonyl (C=O) groups excluding carboxylic acids is 1. The Hall–Kier alpha value is -2.62. The van der Waals surface area contributed by atoms with Crippen LogP contribution in [0.25, 0.3) is 0 Å². The molecule has 1 aliphatic heterocycles. The van der Waals surface area contributed by atoms with E-state index in [2.05, 4.69) is 15.6 Å². The zero-order valence-corrected chi connectivity index (χ0v) is 15.9. The first-order chi connectivity index (χ1) is 13.8. The molecule has 0 radical (unpaired) electrons. The predicted octanol–water partition coefficient (Wildman–Crippen LogP) is 2.81. The van der Waals surface area contributed by atoms with E-state index in [1.54, 1.807) is 0 Å². The van der Waals surface area contributed by atoms with Gasteiger partial charge in [-0.05, 0) is 43.4 Å². The zero-order chi connectivity index (χ0) is 21.3. The maximum atomic E-state index is 12.6. The summed E-state index contributed by atoms with van der Waals surface area (Å²) in [5, 5.41) is 3.05. The second kappa shape index (κ2) is 10.8. The molecule has 2 aromatic carbocycles. The lowest BCUT2D eigenvalue weighted by Crippen LogP contribution is -2.31. The third-order valence-corrected chi connectivity index (χ3v) is 4.06. The van der Waals surface area contributed by atoms with Gasteiger partial charge in [0.15, 0.2) is 0 Å². The summed E-state index contributed by atoms with van der Waals surface area (Å²) in [6.07, 6.45) is -3.81. The Bertz CT molecular complexity index is 755. The molecule has 1 aliphatic rings. The summed E-state index contributed by atoms with van der Waals surface area (Å²) >= 11 is 0. The number of hydroxylamine groups is 1. The molecule has 0 spiro atoms. The van der Waals surface area contributed by atoms with Gasteiger partial charge in [-0.3, -0.25) is 9.63 Å². The van der Waals surface area contributed by atoms with Crippen LogP contribution in [0.1, 0.15) is 23.7 Å². The minimum atomic E-state index is -4.33. The molecule has 1 saturated heterocycles. The number of alkyl halides is 3. The quantitative estimate of drug-likeness (QED) is 0.681. The fraction of sp³-hybridized carbons (Fsp3) is 0.350. The SMILES string of the molecule is CNCCC(Oc1ccc(C(F)(F)F)cc1)c1ccccc1.N[C@@H]1CONC1=O. The summed E-state index contributed by atoms with van der Waals surface area (Å²) < 4.78 is 43.6. The van der Waals surface area contributed by atoms with Crippen LogP contribution >= 0.6 is 0 Å². The van der Waals surface area contributed by atoms with Crippen LogP contribution in [0.2, 0.25) is 0 Å². The number of halogens is 3. The van der Waals surface area contributed by atoms with Gasteiger partial charge in [0, 0.05) is 6.42 Å². The molecule has 0 bridgehead atoms. The average molecular weight is 411 g/mol. The van der Waals surface area contributed by atoms with E-state index >= 15 is 0 Å². The second-order valence-corrected chi connectivity index (χ2v) is 6.32. The normalized spacial score (nSPS) is 17.1. The maximum absolute atomic E-state index is 12.6. The molecule has 3 rings (SSSR count). The fourth-order valence-corrected chi connectivity index (χ4v) is 2.48. The van der Waals surface area contributed by atoms with Crippen molar-refractivity contribution in [2.45, 2.75) is 24.7 Å².